The van der Waals surface area contributed by atoms with E-state index in [-0.39, 0.29) is 0 Å². The summed E-state index contributed by atoms with van der Waals surface area (Å²) in [6.45, 7) is 12.9. The maximum Gasteiger partial charge on any atom is 0.121 e. The van der Waals surface area contributed by atoms with E-state index in [0.717, 1.165) is 31.0 Å². The van der Waals surface area contributed by atoms with Crippen LogP contribution in [0.25, 0.3) is 0 Å². The van der Waals surface area contributed by atoms with Crippen LogP contribution >= 0.6 is 0 Å². The van der Waals surface area contributed by atoms with E-state index in [1.807, 2.05) is 12.1 Å². The SMILES string of the molecule is CC(C)COc1cccc(NCCC(C)(C)C)c1. The molecule has 0 spiro atoms. The van der Waals surface area contributed by atoms with E-state index < -0.39 is 0 Å². The van der Waals surface area contributed by atoms with Gasteiger partial charge in [0.2, 0.25) is 0 Å². The van der Waals surface area contributed by atoms with Crippen molar-refractivity contribution < 1.29 is 4.74 Å². The minimum absolute atomic E-state index is 0.374. The maximum atomic E-state index is 5.72. The number of hydrogen-bond donors (Lipinski definition) is 1. The highest BCUT2D eigenvalue weighted by molar-refractivity contribution is 5.48. The fourth-order valence-corrected chi connectivity index (χ4v) is 1.54. The lowest BCUT2D eigenvalue weighted by Crippen LogP contribution is -2.12. The third-order valence-electron chi connectivity index (χ3n) is 2.62. The molecule has 18 heavy (non-hydrogen) atoms. The van der Waals surface area contributed by atoms with Gasteiger partial charge in [0.15, 0.2) is 0 Å². The molecule has 1 rings (SSSR count). The molecule has 0 unspecified atom stereocenters. The average Bonchev–Trinajstić information content (AvgIpc) is 2.25. The van der Waals surface area contributed by atoms with Crippen LogP contribution in [0, 0.1) is 11.3 Å². The first-order chi connectivity index (χ1) is 8.37. The van der Waals surface area contributed by atoms with Crippen molar-refractivity contribution in [2.24, 2.45) is 11.3 Å². The van der Waals surface area contributed by atoms with Crippen molar-refractivity contribution in [3.8, 4) is 5.75 Å². The normalized spacial score (nSPS) is 11.7. The molecule has 0 atom stereocenters. The van der Waals surface area contributed by atoms with Crippen LogP contribution in [0.15, 0.2) is 24.3 Å². The first-order valence-electron chi connectivity index (χ1n) is 6.83. The van der Waals surface area contributed by atoms with Gasteiger partial charge in [0.25, 0.3) is 0 Å². The van der Waals surface area contributed by atoms with Gasteiger partial charge < -0.3 is 10.1 Å². The van der Waals surface area contributed by atoms with Crippen LogP contribution in [0.2, 0.25) is 0 Å². The molecule has 2 nitrogen and oxygen atoms in total. The molecule has 2 heteroatoms. The van der Waals surface area contributed by atoms with Gasteiger partial charge in [0, 0.05) is 18.3 Å². The van der Waals surface area contributed by atoms with E-state index in [4.69, 9.17) is 4.74 Å². The summed E-state index contributed by atoms with van der Waals surface area (Å²) in [6, 6.07) is 8.21. The lowest BCUT2D eigenvalue weighted by Gasteiger charge is -2.18. The average molecular weight is 249 g/mol. The van der Waals surface area contributed by atoms with E-state index in [1.165, 1.54) is 0 Å². The Morgan fingerprint density at radius 2 is 1.94 bits per heavy atom. The minimum atomic E-state index is 0.374. The minimum Gasteiger partial charge on any atom is -0.493 e. The molecule has 0 amide bonds. The number of rotatable bonds is 6. The van der Waals surface area contributed by atoms with Crippen molar-refractivity contribution in [3.63, 3.8) is 0 Å². The summed E-state index contributed by atoms with van der Waals surface area (Å²) in [5, 5.41) is 3.45. The van der Waals surface area contributed by atoms with Gasteiger partial charge in [-0.3, -0.25) is 0 Å². The van der Waals surface area contributed by atoms with Gasteiger partial charge in [-0.2, -0.15) is 0 Å². The molecule has 0 heterocycles. The van der Waals surface area contributed by atoms with Crippen molar-refractivity contribution in [3.05, 3.63) is 24.3 Å². The first-order valence-corrected chi connectivity index (χ1v) is 6.83. The molecular formula is C16H27NO. The first kappa shape index (κ1) is 14.9. The van der Waals surface area contributed by atoms with Crippen LogP contribution in [0.4, 0.5) is 5.69 Å². The van der Waals surface area contributed by atoms with Gasteiger partial charge in [-0.05, 0) is 29.9 Å². The van der Waals surface area contributed by atoms with E-state index in [1.54, 1.807) is 0 Å². The molecule has 0 bridgehead atoms. The molecular weight excluding hydrogens is 222 g/mol. The molecule has 0 radical (unpaired) electrons. The van der Waals surface area contributed by atoms with Crippen LogP contribution in [-0.2, 0) is 0 Å². The fourth-order valence-electron chi connectivity index (χ4n) is 1.54. The number of nitrogens with one attached hydrogen (secondary N) is 1. The summed E-state index contributed by atoms with van der Waals surface area (Å²) in [7, 11) is 0. The Morgan fingerprint density at radius 1 is 1.22 bits per heavy atom. The number of hydrogen-bond acceptors (Lipinski definition) is 2. The van der Waals surface area contributed by atoms with Crippen LogP contribution < -0.4 is 10.1 Å². The summed E-state index contributed by atoms with van der Waals surface area (Å²) in [5.74, 6) is 1.51. The Kier molecular flexibility index (Phi) is 5.52. The second-order valence-corrected chi connectivity index (χ2v) is 6.47. The summed E-state index contributed by atoms with van der Waals surface area (Å²) < 4.78 is 5.72. The molecule has 0 aliphatic rings. The predicted molar refractivity (Wildman–Crippen MR) is 79.3 cm³/mol. The van der Waals surface area contributed by atoms with Crippen LogP contribution in [0.5, 0.6) is 5.75 Å². The second kappa shape index (κ2) is 6.67. The number of anilines is 1. The highest BCUT2D eigenvalue weighted by Gasteiger charge is 2.09. The Morgan fingerprint density at radius 3 is 2.56 bits per heavy atom. The lowest BCUT2D eigenvalue weighted by molar-refractivity contribution is 0.271. The summed E-state index contributed by atoms with van der Waals surface area (Å²) in [4.78, 5) is 0. The molecule has 0 aromatic heterocycles. The van der Waals surface area contributed by atoms with Gasteiger partial charge in [0.1, 0.15) is 5.75 Å². The predicted octanol–water partition coefficient (Wildman–Crippen LogP) is 4.57. The maximum absolute atomic E-state index is 5.72. The van der Waals surface area contributed by atoms with Crippen LogP contribution in [0.1, 0.15) is 41.0 Å². The highest BCUT2D eigenvalue weighted by Crippen LogP contribution is 2.21. The number of ether oxygens (including phenoxy) is 1. The molecule has 1 N–H and O–H groups in total. The van der Waals surface area contributed by atoms with Crippen LogP contribution in [-0.4, -0.2) is 13.2 Å². The zero-order chi connectivity index (χ0) is 13.6. The molecule has 0 saturated carbocycles. The Bertz CT molecular complexity index is 352. The Hall–Kier alpha value is -1.18. The topological polar surface area (TPSA) is 21.3 Å². The van der Waals surface area contributed by atoms with Crippen molar-refractivity contribution in [2.75, 3.05) is 18.5 Å². The van der Waals surface area contributed by atoms with E-state index in [2.05, 4.69) is 52.1 Å². The van der Waals surface area contributed by atoms with Gasteiger partial charge in [-0.1, -0.05) is 40.7 Å². The molecule has 0 fully saturated rings. The van der Waals surface area contributed by atoms with Gasteiger partial charge >= 0.3 is 0 Å². The van der Waals surface area contributed by atoms with E-state index >= 15 is 0 Å². The summed E-state index contributed by atoms with van der Waals surface area (Å²) >= 11 is 0. The smallest absolute Gasteiger partial charge is 0.121 e. The summed E-state index contributed by atoms with van der Waals surface area (Å²) in [5.41, 5.74) is 1.51. The van der Waals surface area contributed by atoms with E-state index in [9.17, 15) is 0 Å². The zero-order valence-corrected chi connectivity index (χ0v) is 12.4. The largest absolute Gasteiger partial charge is 0.493 e. The van der Waals surface area contributed by atoms with E-state index in [0.29, 0.717) is 11.3 Å². The standard InChI is InChI=1S/C16H27NO/c1-13(2)12-18-15-8-6-7-14(11-15)17-10-9-16(3,4)5/h6-8,11,13,17H,9-10,12H2,1-5H3. The molecule has 0 saturated heterocycles. The molecule has 0 aliphatic heterocycles. The quantitative estimate of drug-likeness (QED) is 0.797. The van der Waals surface area contributed by atoms with Gasteiger partial charge in [-0.15, -0.1) is 0 Å². The zero-order valence-electron chi connectivity index (χ0n) is 12.4. The monoisotopic (exact) mass is 249 g/mol. The number of benzene rings is 1. The second-order valence-electron chi connectivity index (χ2n) is 6.47. The van der Waals surface area contributed by atoms with Gasteiger partial charge in [0.05, 0.1) is 6.61 Å². The molecule has 0 aliphatic carbocycles. The Labute approximate surface area is 112 Å². The Balaban J connectivity index is 2.44. The van der Waals surface area contributed by atoms with Crippen molar-refractivity contribution in [2.45, 2.75) is 41.0 Å². The molecule has 102 valence electrons. The molecule has 1 aromatic rings. The lowest BCUT2D eigenvalue weighted by atomic mass is 9.92. The van der Waals surface area contributed by atoms with Gasteiger partial charge in [-0.25, -0.2) is 0 Å². The van der Waals surface area contributed by atoms with Crippen molar-refractivity contribution >= 4 is 5.69 Å². The van der Waals surface area contributed by atoms with Crippen molar-refractivity contribution in [1.29, 1.82) is 0 Å². The fraction of sp³-hybridized carbons (Fsp3) is 0.625. The van der Waals surface area contributed by atoms with Crippen molar-refractivity contribution in [1.82, 2.24) is 0 Å². The molecule has 1 aromatic carbocycles. The third kappa shape index (κ3) is 6.53. The summed E-state index contributed by atoms with van der Waals surface area (Å²) in [6.07, 6.45) is 1.16. The highest BCUT2D eigenvalue weighted by atomic mass is 16.5. The third-order valence-corrected chi connectivity index (χ3v) is 2.62. The van der Waals surface area contributed by atoms with Crippen LogP contribution in [0.3, 0.4) is 0 Å².